The fourth-order valence-electron chi connectivity index (χ4n) is 3.87. The van der Waals surface area contributed by atoms with Crippen molar-refractivity contribution in [3.05, 3.63) is 0 Å². The van der Waals surface area contributed by atoms with Gasteiger partial charge in [-0.1, -0.05) is 13.3 Å². The predicted octanol–water partition coefficient (Wildman–Crippen LogP) is 2.64. The molecule has 0 bridgehead atoms. The maximum Gasteiger partial charge on any atom is 0.0862 e. The van der Waals surface area contributed by atoms with Crippen LogP contribution in [-0.4, -0.2) is 23.9 Å². The van der Waals surface area contributed by atoms with Gasteiger partial charge in [0.15, 0.2) is 0 Å². The lowest BCUT2D eigenvalue weighted by Crippen LogP contribution is -2.52. The molecule has 3 nitrogen and oxygen atoms in total. The smallest absolute Gasteiger partial charge is 0.0862 e. The molecule has 2 aliphatic rings. The zero-order chi connectivity index (χ0) is 12.4. The Morgan fingerprint density at radius 1 is 1.29 bits per heavy atom. The van der Waals surface area contributed by atoms with Crippen LogP contribution in [-0.2, 0) is 4.74 Å². The van der Waals surface area contributed by atoms with E-state index in [0.29, 0.717) is 0 Å². The lowest BCUT2D eigenvalue weighted by atomic mass is 9.63. The summed E-state index contributed by atoms with van der Waals surface area (Å²) in [6, 6.07) is 2.37. The van der Waals surface area contributed by atoms with Crippen LogP contribution < -0.4 is 0 Å². The van der Waals surface area contributed by atoms with Crippen molar-refractivity contribution in [3.63, 3.8) is 0 Å². The van der Waals surface area contributed by atoms with E-state index in [9.17, 15) is 10.4 Å². The van der Waals surface area contributed by atoms with Crippen LogP contribution in [0.15, 0.2) is 0 Å². The first kappa shape index (κ1) is 12.9. The number of aliphatic hydroxyl groups is 1. The van der Waals surface area contributed by atoms with Gasteiger partial charge in [0.25, 0.3) is 0 Å². The first-order chi connectivity index (χ1) is 8.18. The minimum Gasteiger partial charge on any atom is -0.388 e. The topological polar surface area (TPSA) is 53.2 Å². The lowest BCUT2D eigenvalue weighted by molar-refractivity contribution is -0.135. The zero-order valence-electron chi connectivity index (χ0n) is 10.7. The fraction of sp³-hybridized carbons (Fsp3) is 0.929. The number of ether oxygens (including phenoxy) is 1. The van der Waals surface area contributed by atoms with Gasteiger partial charge in [-0.3, -0.25) is 0 Å². The molecule has 2 atom stereocenters. The molecule has 1 spiro atoms. The summed E-state index contributed by atoms with van der Waals surface area (Å²) in [7, 11) is 0. The highest BCUT2D eigenvalue weighted by Crippen LogP contribution is 2.56. The first-order valence-corrected chi connectivity index (χ1v) is 6.88. The molecule has 1 saturated heterocycles. The molecule has 1 heterocycles. The van der Waals surface area contributed by atoms with Crippen molar-refractivity contribution in [1.82, 2.24) is 0 Å². The molecule has 1 aliphatic carbocycles. The largest absolute Gasteiger partial charge is 0.388 e. The van der Waals surface area contributed by atoms with Gasteiger partial charge in [-0.25, -0.2) is 0 Å². The molecule has 1 aliphatic heterocycles. The van der Waals surface area contributed by atoms with Gasteiger partial charge in [0, 0.05) is 18.6 Å². The van der Waals surface area contributed by atoms with Gasteiger partial charge in [0.1, 0.15) is 0 Å². The van der Waals surface area contributed by atoms with Crippen molar-refractivity contribution < 1.29 is 9.84 Å². The van der Waals surface area contributed by atoms with E-state index in [-0.39, 0.29) is 11.3 Å². The summed E-state index contributed by atoms with van der Waals surface area (Å²) in [4.78, 5) is 0. The molecule has 2 fully saturated rings. The normalized spacial score (nSPS) is 33.5. The SMILES string of the molecule is CCCC(C#N)C1(O)CCCC12CCOCC2. The summed E-state index contributed by atoms with van der Waals surface area (Å²) in [5.41, 5.74) is -0.803. The van der Waals surface area contributed by atoms with Crippen LogP contribution in [0.3, 0.4) is 0 Å². The third-order valence-corrected chi connectivity index (χ3v) is 4.89. The van der Waals surface area contributed by atoms with Crippen molar-refractivity contribution in [2.75, 3.05) is 13.2 Å². The van der Waals surface area contributed by atoms with E-state index in [1.54, 1.807) is 0 Å². The first-order valence-electron chi connectivity index (χ1n) is 6.88. The van der Waals surface area contributed by atoms with E-state index in [0.717, 1.165) is 58.2 Å². The molecule has 1 N–H and O–H groups in total. The van der Waals surface area contributed by atoms with Crippen LogP contribution in [0.25, 0.3) is 0 Å². The monoisotopic (exact) mass is 237 g/mol. The highest BCUT2D eigenvalue weighted by atomic mass is 16.5. The average Bonchev–Trinajstić information content (AvgIpc) is 2.66. The minimum absolute atomic E-state index is 0.0409. The molecule has 0 aromatic rings. The summed E-state index contributed by atoms with van der Waals surface area (Å²) in [5.74, 6) is -0.201. The lowest BCUT2D eigenvalue weighted by Gasteiger charge is -2.47. The van der Waals surface area contributed by atoms with E-state index in [4.69, 9.17) is 4.74 Å². The Bertz CT molecular complexity index is 304. The highest BCUT2D eigenvalue weighted by Gasteiger charge is 2.57. The fourth-order valence-corrected chi connectivity index (χ4v) is 3.87. The molecule has 0 aromatic heterocycles. The molecule has 1 saturated carbocycles. The van der Waals surface area contributed by atoms with Gasteiger partial charge < -0.3 is 9.84 Å². The minimum atomic E-state index is -0.762. The highest BCUT2D eigenvalue weighted by molar-refractivity contribution is 5.12. The zero-order valence-corrected chi connectivity index (χ0v) is 10.7. The van der Waals surface area contributed by atoms with Crippen LogP contribution in [0, 0.1) is 22.7 Å². The third kappa shape index (κ3) is 1.98. The van der Waals surface area contributed by atoms with Crippen molar-refractivity contribution in [3.8, 4) is 6.07 Å². The maximum absolute atomic E-state index is 11.1. The number of nitrogens with zero attached hydrogens (tertiary/aromatic N) is 1. The Morgan fingerprint density at radius 3 is 2.59 bits per heavy atom. The van der Waals surface area contributed by atoms with Crippen molar-refractivity contribution in [2.24, 2.45) is 11.3 Å². The quantitative estimate of drug-likeness (QED) is 0.821. The van der Waals surface area contributed by atoms with Gasteiger partial charge in [-0.05, 0) is 38.5 Å². The molecule has 0 radical (unpaired) electrons. The predicted molar refractivity (Wildman–Crippen MR) is 65.3 cm³/mol. The molecule has 0 aromatic carbocycles. The van der Waals surface area contributed by atoms with E-state index in [1.165, 1.54) is 0 Å². The van der Waals surface area contributed by atoms with Crippen LogP contribution in [0.1, 0.15) is 51.9 Å². The third-order valence-electron chi connectivity index (χ3n) is 4.89. The summed E-state index contributed by atoms with van der Waals surface area (Å²) in [6.07, 6.45) is 6.54. The summed E-state index contributed by atoms with van der Waals surface area (Å²) in [6.45, 7) is 3.57. The Balaban J connectivity index is 2.24. The molecule has 2 unspecified atom stereocenters. The molecule has 3 heteroatoms. The van der Waals surface area contributed by atoms with Gasteiger partial charge in [-0.15, -0.1) is 0 Å². The second-order valence-electron chi connectivity index (χ2n) is 5.64. The number of hydrogen-bond acceptors (Lipinski definition) is 3. The molecule has 96 valence electrons. The summed E-state index contributed by atoms with van der Waals surface area (Å²) >= 11 is 0. The van der Waals surface area contributed by atoms with E-state index < -0.39 is 5.60 Å². The van der Waals surface area contributed by atoms with Gasteiger partial charge in [0.2, 0.25) is 0 Å². The molecule has 17 heavy (non-hydrogen) atoms. The second-order valence-corrected chi connectivity index (χ2v) is 5.64. The number of nitriles is 1. The Morgan fingerprint density at radius 2 is 2.00 bits per heavy atom. The Kier molecular flexibility index (Phi) is 3.75. The van der Waals surface area contributed by atoms with Crippen molar-refractivity contribution >= 4 is 0 Å². The summed E-state index contributed by atoms with van der Waals surface area (Å²) < 4.78 is 5.43. The summed E-state index contributed by atoms with van der Waals surface area (Å²) in [5, 5.41) is 20.4. The number of rotatable bonds is 3. The van der Waals surface area contributed by atoms with E-state index in [1.807, 2.05) is 0 Å². The Labute approximate surface area is 104 Å². The van der Waals surface area contributed by atoms with Crippen molar-refractivity contribution in [1.29, 1.82) is 5.26 Å². The van der Waals surface area contributed by atoms with Gasteiger partial charge >= 0.3 is 0 Å². The maximum atomic E-state index is 11.1. The number of hydrogen-bond donors (Lipinski definition) is 1. The van der Waals surface area contributed by atoms with E-state index >= 15 is 0 Å². The molecular weight excluding hydrogens is 214 g/mol. The molecule has 2 rings (SSSR count). The van der Waals surface area contributed by atoms with Crippen LogP contribution in [0.5, 0.6) is 0 Å². The standard InChI is InChI=1S/C14H23NO2/c1-2-4-12(11-15)14(16)6-3-5-13(14)7-9-17-10-8-13/h12,16H,2-10H2,1H3. The van der Waals surface area contributed by atoms with Crippen molar-refractivity contribution in [2.45, 2.75) is 57.5 Å². The van der Waals surface area contributed by atoms with Gasteiger partial charge in [0.05, 0.1) is 17.6 Å². The van der Waals surface area contributed by atoms with E-state index in [2.05, 4.69) is 13.0 Å². The Hall–Kier alpha value is -0.590. The van der Waals surface area contributed by atoms with Crippen LogP contribution in [0.2, 0.25) is 0 Å². The molecule has 0 amide bonds. The van der Waals surface area contributed by atoms with Crippen LogP contribution in [0.4, 0.5) is 0 Å². The molecular formula is C14H23NO2. The van der Waals surface area contributed by atoms with Gasteiger partial charge in [-0.2, -0.15) is 5.26 Å². The van der Waals surface area contributed by atoms with Crippen LogP contribution >= 0.6 is 0 Å². The average molecular weight is 237 g/mol. The second kappa shape index (κ2) is 4.96.